The van der Waals surface area contributed by atoms with E-state index in [4.69, 9.17) is 4.84 Å². The van der Waals surface area contributed by atoms with E-state index in [1.54, 1.807) is 4.90 Å². The molecule has 6 nitrogen and oxygen atoms in total. The minimum absolute atomic E-state index is 0.149. The molecule has 1 fully saturated rings. The van der Waals surface area contributed by atoms with Gasteiger partial charge in [-0.2, -0.15) is 0 Å². The van der Waals surface area contributed by atoms with Crippen LogP contribution in [-0.2, 0) is 20.0 Å². The van der Waals surface area contributed by atoms with Crippen LogP contribution >= 0.6 is 0 Å². The number of aliphatic hydroxyl groups is 1. The van der Waals surface area contributed by atoms with Crippen molar-refractivity contribution in [1.82, 2.24) is 9.96 Å². The van der Waals surface area contributed by atoms with Crippen molar-refractivity contribution >= 4 is 11.8 Å². The number of β-lactam (4-membered cyclic amide) rings is 1. The Bertz CT molecular complexity index is 992. The van der Waals surface area contributed by atoms with Crippen molar-refractivity contribution < 1.29 is 19.5 Å². The molecule has 6 heteroatoms. The number of benzene rings is 3. The maximum Gasteiger partial charge on any atom is 0.260 e. The number of hydroxylamine groups is 2. The Balaban J connectivity index is 1.97. The summed E-state index contributed by atoms with van der Waals surface area (Å²) in [6.07, 6.45) is 0.272. The molecule has 170 valence electrons. The van der Waals surface area contributed by atoms with Crippen LogP contribution in [-0.4, -0.2) is 53.7 Å². The van der Waals surface area contributed by atoms with Crippen molar-refractivity contribution in [2.75, 3.05) is 20.8 Å². The second-order valence-electron chi connectivity index (χ2n) is 8.09. The molecule has 1 saturated heterocycles. The monoisotopic (exact) mass is 444 g/mol. The van der Waals surface area contributed by atoms with Gasteiger partial charge in [-0.15, -0.1) is 0 Å². The Morgan fingerprint density at radius 2 is 1.33 bits per heavy atom. The number of carbonyl (C=O) groups is 2. The molecule has 0 aromatic heterocycles. The fourth-order valence-corrected chi connectivity index (χ4v) is 4.90. The van der Waals surface area contributed by atoms with E-state index in [2.05, 4.69) is 0 Å². The summed E-state index contributed by atoms with van der Waals surface area (Å²) >= 11 is 0. The lowest BCUT2D eigenvalue weighted by atomic mass is 9.69. The quantitative estimate of drug-likeness (QED) is 0.251. The first-order valence-electron chi connectivity index (χ1n) is 11.0. The van der Waals surface area contributed by atoms with Crippen LogP contribution in [0.5, 0.6) is 0 Å². The van der Waals surface area contributed by atoms with Crippen LogP contribution in [0.4, 0.5) is 0 Å². The van der Waals surface area contributed by atoms with E-state index >= 15 is 0 Å². The lowest BCUT2D eigenvalue weighted by Crippen LogP contribution is -2.72. The molecule has 0 unspecified atom stereocenters. The molecule has 3 aromatic rings. The molecule has 2 atom stereocenters. The normalized spacial score (nSPS) is 18.0. The van der Waals surface area contributed by atoms with Crippen molar-refractivity contribution in [2.45, 2.75) is 18.0 Å². The summed E-state index contributed by atoms with van der Waals surface area (Å²) in [5.41, 5.74) is 1.75. The summed E-state index contributed by atoms with van der Waals surface area (Å²) < 4.78 is 0. The number of carbonyl (C=O) groups excluding carboxylic acids is 2. The summed E-state index contributed by atoms with van der Waals surface area (Å²) in [6.45, 7) is -0.149. The van der Waals surface area contributed by atoms with Gasteiger partial charge in [-0.05, 0) is 23.1 Å². The third-order valence-corrected chi connectivity index (χ3v) is 6.43. The summed E-state index contributed by atoms with van der Waals surface area (Å²) in [6, 6.07) is 29.0. The number of hydrogen-bond donors (Lipinski definition) is 1. The molecule has 0 saturated carbocycles. The molecule has 0 spiro atoms. The highest BCUT2D eigenvalue weighted by Gasteiger charge is 2.61. The summed E-state index contributed by atoms with van der Waals surface area (Å²) in [5.74, 6) is -1.63. The Kier molecular flexibility index (Phi) is 6.58. The molecule has 0 radical (unpaired) electrons. The number of hydrogen-bond acceptors (Lipinski definition) is 4. The first-order valence-corrected chi connectivity index (χ1v) is 11.0. The average Bonchev–Trinajstić information content (AvgIpc) is 2.88. The zero-order valence-electron chi connectivity index (χ0n) is 18.8. The highest BCUT2D eigenvalue weighted by atomic mass is 16.7. The Hall–Kier alpha value is -3.48. The van der Waals surface area contributed by atoms with E-state index in [-0.39, 0.29) is 18.9 Å². The zero-order valence-corrected chi connectivity index (χ0v) is 18.8. The van der Waals surface area contributed by atoms with Crippen molar-refractivity contribution in [3.63, 3.8) is 0 Å². The molecule has 1 heterocycles. The SMILES string of the molecule is CON(C)C(=O)[C@@H]1C(=O)N(C(c2ccccc2)(c2ccccc2)c2ccccc2)[C@H]1CCO. The fourth-order valence-electron chi connectivity index (χ4n) is 4.90. The van der Waals surface area contributed by atoms with Gasteiger partial charge in [0.25, 0.3) is 5.91 Å². The van der Waals surface area contributed by atoms with Gasteiger partial charge in [0.05, 0.1) is 13.2 Å². The van der Waals surface area contributed by atoms with Crippen molar-refractivity contribution in [2.24, 2.45) is 5.92 Å². The molecular weight excluding hydrogens is 416 g/mol. The van der Waals surface area contributed by atoms with E-state index in [1.165, 1.54) is 14.2 Å². The van der Waals surface area contributed by atoms with Gasteiger partial charge in [0.15, 0.2) is 0 Å². The molecule has 0 bridgehead atoms. The third-order valence-electron chi connectivity index (χ3n) is 6.43. The molecule has 4 rings (SSSR count). The van der Waals surface area contributed by atoms with Gasteiger partial charge in [-0.1, -0.05) is 91.0 Å². The number of nitrogens with zero attached hydrogens (tertiary/aromatic N) is 2. The molecule has 1 aliphatic rings. The molecule has 33 heavy (non-hydrogen) atoms. The summed E-state index contributed by atoms with van der Waals surface area (Å²) in [4.78, 5) is 33.7. The van der Waals surface area contributed by atoms with Crippen molar-refractivity contribution in [3.05, 3.63) is 108 Å². The molecule has 2 amide bonds. The van der Waals surface area contributed by atoms with E-state index in [0.717, 1.165) is 21.8 Å². The number of amides is 2. The second kappa shape index (κ2) is 9.57. The molecule has 3 aromatic carbocycles. The van der Waals surface area contributed by atoms with Gasteiger partial charge in [0.1, 0.15) is 11.5 Å². The maximum absolute atomic E-state index is 13.8. The van der Waals surface area contributed by atoms with Crippen LogP contribution in [0.1, 0.15) is 23.1 Å². The third kappa shape index (κ3) is 3.71. The number of likely N-dealkylation sites (tertiary alicyclic amines) is 1. The smallest absolute Gasteiger partial charge is 0.260 e. The van der Waals surface area contributed by atoms with Gasteiger partial charge < -0.3 is 10.0 Å². The maximum atomic E-state index is 13.8. The van der Waals surface area contributed by atoms with Crippen LogP contribution in [0.3, 0.4) is 0 Å². The van der Waals surface area contributed by atoms with Gasteiger partial charge >= 0.3 is 0 Å². The van der Waals surface area contributed by atoms with E-state index in [9.17, 15) is 14.7 Å². The predicted molar refractivity (Wildman–Crippen MR) is 125 cm³/mol. The standard InChI is InChI=1S/C27H28N2O4/c1-28(33-2)25(31)24-23(18-19-30)29(26(24)32)27(20-12-6-3-7-13-20,21-14-8-4-9-15-21)22-16-10-5-11-17-22/h3-17,23-24,30H,18-19H2,1-2H3/t23-,24+/m0/s1. The highest BCUT2D eigenvalue weighted by molar-refractivity contribution is 6.06. The first-order chi connectivity index (χ1) is 16.1. The van der Waals surface area contributed by atoms with Crippen molar-refractivity contribution in [1.29, 1.82) is 0 Å². The van der Waals surface area contributed by atoms with E-state index in [1.807, 2.05) is 91.0 Å². The number of rotatable bonds is 8. The Labute approximate surface area is 194 Å². The summed E-state index contributed by atoms with van der Waals surface area (Å²) in [7, 11) is 2.88. The lowest BCUT2D eigenvalue weighted by Gasteiger charge is -2.57. The zero-order chi connectivity index (χ0) is 23.4. The second-order valence-corrected chi connectivity index (χ2v) is 8.09. The van der Waals surface area contributed by atoms with Gasteiger partial charge in [-0.3, -0.25) is 14.4 Å². The summed E-state index contributed by atoms with van der Waals surface area (Å²) in [5, 5.41) is 11.0. The van der Waals surface area contributed by atoms with E-state index in [0.29, 0.717) is 0 Å². The van der Waals surface area contributed by atoms with Crippen LogP contribution in [0.2, 0.25) is 0 Å². The van der Waals surface area contributed by atoms with E-state index < -0.39 is 23.4 Å². The largest absolute Gasteiger partial charge is 0.396 e. The van der Waals surface area contributed by atoms with Crippen LogP contribution < -0.4 is 0 Å². The molecule has 1 aliphatic heterocycles. The fraction of sp³-hybridized carbons (Fsp3) is 0.259. The predicted octanol–water partition coefficient (Wildman–Crippen LogP) is 3.21. The Morgan fingerprint density at radius 1 is 0.909 bits per heavy atom. The van der Waals surface area contributed by atoms with Gasteiger partial charge in [0.2, 0.25) is 5.91 Å². The van der Waals surface area contributed by atoms with Gasteiger partial charge in [0, 0.05) is 13.7 Å². The first kappa shape index (κ1) is 22.7. The van der Waals surface area contributed by atoms with Crippen LogP contribution in [0.25, 0.3) is 0 Å². The molecule has 0 aliphatic carbocycles. The van der Waals surface area contributed by atoms with Gasteiger partial charge in [-0.25, -0.2) is 5.06 Å². The van der Waals surface area contributed by atoms with Crippen LogP contribution in [0.15, 0.2) is 91.0 Å². The van der Waals surface area contributed by atoms with Crippen molar-refractivity contribution in [3.8, 4) is 0 Å². The Morgan fingerprint density at radius 3 is 1.70 bits per heavy atom. The number of aliphatic hydroxyl groups excluding tert-OH is 1. The minimum Gasteiger partial charge on any atom is -0.396 e. The molecular formula is C27H28N2O4. The highest BCUT2D eigenvalue weighted by Crippen LogP contribution is 2.49. The topological polar surface area (TPSA) is 70.1 Å². The lowest BCUT2D eigenvalue weighted by molar-refractivity contribution is -0.193. The minimum atomic E-state index is -0.969. The van der Waals surface area contributed by atoms with Crippen LogP contribution in [0, 0.1) is 5.92 Å². The molecule has 1 N–H and O–H groups in total. The average molecular weight is 445 g/mol.